The van der Waals surface area contributed by atoms with Crippen LogP contribution in [0.3, 0.4) is 0 Å². The Morgan fingerprint density at radius 2 is 1.57 bits per heavy atom. The molecule has 1 atom stereocenters. The Bertz CT molecular complexity index is 398. The molecule has 0 saturated heterocycles. The lowest BCUT2D eigenvalue weighted by Gasteiger charge is -2.11. The normalized spacial score (nSPS) is 11.6. The number of rotatable bonds is 12. The van der Waals surface area contributed by atoms with Crippen molar-refractivity contribution in [1.82, 2.24) is 0 Å². The van der Waals surface area contributed by atoms with E-state index in [4.69, 9.17) is 10.5 Å². The van der Waals surface area contributed by atoms with Crippen molar-refractivity contribution in [2.75, 3.05) is 6.61 Å². The van der Waals surface area contributed by atoms with E-state index in [0.717, 1.165) is 18.4 Å². The maximum absolute atomic E-state index is 11.8. The van der Waals surface area contributed by atoms with Gasteiger partial charge in [0.1, 0.15) is 6.04 Å². The summed E-state index contributed by atoms with van der Waals surface area (Å²) in [5.74, 6) is -0.285. The zero-order valence-corrected chi connectivity index (χ0v) is 15.2. The molecule has 1 aromatic rings. The Labute approximate surface area is 147 Å². The monoisotopic (exact) mass is 341 g/mol. The molecule has 0 fully saturated rings. The van der Waals surface area contributed by atoms with E-state index in [2.05, 4.69) is 6.92 Å². The summed E-state index contributed by atoms with van der Waals surface area (Å²) in [6.45, 7) is 2.73. The molecule has 1 aromatic carbocycles. The molecule has 0 aliphatic rings. The number of unbranched alkanes of at least 4 members (excludes halogenated alkanes) is 7. The highest BCUT2D eigenvalue weighted by atomic mass is 35.5. The van der Waals surface area contributed by atoms with Gasteiger partial charge in [-0.25, -0.2) is 0 Å². The molecule has 0 radical (unpaired) electrons. The molecule has 0 heterocycles. The van der Waals surface area contributed by atoms with Crippen LogP contribution in [-0.4, -0.2) is 18.6 Å². The highest BCUT2D eigenvalue weighted by molar-refractivity contribution is 5.85. The molecule has 0 spiro atoms. The summed E-state index contributed by atoms with van der Waals surface area (Å²) in [6.07, 6.45) is 10.5. The van der Waals surface area contributed by atoms with E-state index in [1.165, 1.54) is 38.5 Å². The fraction of sp³-hybridized carbons (Fsp3) is 0.632. The lowest BCUT2D eigenvalue weighted by atomic mass is 10.1. The molecule has 1 rings (SSSR count). The van der Waals surface area contributed by atoms with Crippen molar-refractivity contribution in [3.8, 4) is 0 Å². The molecular formula is C19H32ClNO2. The number of esters is 1. The van der Waals surface area contributed by atoms with Crippen molar-refractivity contribution in [2.45, 2.75) is 70.8 Å². The van der Waals surface area contributed by atoms with Crippen molar-refractivity contribution in [1.29, 1.82) is 0 Å². The largest absolute Gasteiger partial charge is 0.465 e. The van der Waals surface area contributed by atoms with E-state index in [1.807, 2.05) is 30.3 Å². The fourth-order valence-electron chi connectivity index (χ4n) is 2.47. The van der Waals surface area contributed by atoms with Gasteiger partial charge in [-0.15, -0.1) is 12.4 Å². The standard InChI is InChI=1S/C19H31NO2.ClH/c1-2-3-4-5-6-7-8-12-15-22-19(21)18(20)16-17-13-10-9-11-14-17;/h9-11,13-14,18H,2-8,12,15-16,20H2,1H3;1H/t18-;/m0./s1. The first kappa shape index (κ1) is 21.9. The molecule has 0 aliphatic heterocycles. The third kappa shape index (κ3) is 11.2. The molecule has 2 N–H and O–H groups in total. The van der Waals surface area contributed by atoms with Crippen molar-refractivity contribution in [2.24, 2.45) is 5.73 Å². The van der Waals surface area contributed by atoms with E-state index in [0.29, 0.717) is 13.0 Å². The predicted octanol–water partition coefficient (Wildman–Crippen LogP) is 4.66. The van der Waals surface area contributed by atoms with Crippen molar-refractivity contribution in [3.63, 3.8) is 0 Å². The summed E-state index contributed by atoms with van der Waals surface area (Å²) in [6, 6.07) is 9.26. The van der Waals surface area contributed by atoms with Gasteiger partial charge in [0, 0.05) is 0 Å². The SMILES string of the molecule is CCCCCCCCCCOC(=O)[C@@H](N)Cc1ccccc1.Cl. The van der Waals surface area contributed by atoms with Crippen LogP contribution in [0.4, 0.5) is 0 Å². The number of nitrogens with two attached hydrogens (primary N) is 1. The molecule has 4 heteroatoms. The van der Waals surface area contributed by atoms with Crippen molar-refractivity contribution in [3.05, 3.63) is 35.9 Å². The van der Waals surface area contributed by atoms with Crippen LogP contribution in [0.1, 0.15) is 63.9 Å². The average Bonchev–Trinajstić information content (AvgIpc) is 2.54. The zero-order valence-electron chi connectivity index (χ0n) is 14.3. The van der Waals surface area contributed by atoms with E-state index in [9.17, 15) is 4.79 Å². The Hall–Kier alpha value is -1.06. The third-order valence-corrected chi connectivity index (χ3v) is 3.84. The minimum atomic E-state index is -0.559. The summed E-state index contributed by atoms with van der Waals surface area (Å²) in [5.41, 5.74) is 6.95. The minimum absolute atomic E-state index is 0. The van der Waals surface area contributed by atoms with Crippen LogP contribution in [0, 0.1) is 0 Å². The van der Waals surface area contributed by atoms with E-state index in [-0.39, 0.29) is 18.4 Å². The average molecular weight is 342 g/mol. The number of benzene rings is 1. The first-order chi connectivity index (χ1) is 10.7. The summed E-state index contributed by atoms with van der Waals surface area (Å²) < 4.78 is 5.26. The van der Waals surface area contributed by atoms with Crippen LogP contribution in [0.5, 0.6) is 0 Å². The van der Waals surface area contributed by atoms with E-state index >= 15 is 0 Å². The molecule has 132 valence electrons. The van der Waals surface area contributed by atoms with Gasteiger partial charge in [0.05, 0.1) is 6.61 Å². The quantitative estimate of drug-likeness (QED) is 0.444. The van der Waals surface area contributed by atoms with E-state index in [1.54, 1.807) is 0 Å². The predicted molar refractivity (Wildman–Crippen MR) is 98.9 cm³/mol. The number of carbonyl (C=O) groups is 1. The van der Waals surface area contributed by atoms with Gasteiger partial charge in [0.15, 0.2) is 0 Å². The second kappa shape index (κ2) is 14.5. The summed E-state index contributed by atoms with van der Waals surface area (Å²) >= 11 is 0. The summed E-state index contributed by atoms with van der Waals surface area (Å²) in [5, 5.41) is 0. The fourth-order valence-corrected chi connectivity index (χ4v) is 2.47. The summed E-state index contributed by atoms with van der Waals surface area (Å²) in [4.78, 5) is 11.8. The Kier molecular flexibility index (Phi) is 13.9. The van der Waals surface area contributed by atoms with Crippen LogP contribution < -0.4 is 5.73 Å². The molecular weight excluding hydrogens is 310 g/mol. The number of hydrogen-bond acceptors (Lipinski definition) is 3. The molecule has 0 saturated carbocycles. The van der Waals surface area contributed by atoms with Gasteiger partial charge in [-0.05, 0) is 18.4 Å². The van der Waals surface area contributed by atoms with Crippen LogP contribution >= 0.6 is 12.4 Å². The highest BCUT2D eigenvalue weighted by Gasteiger charge is 2.15. The molecule has 3 nitrogen and oxygen atoms in total. The number of halogens is 1. The molecule has 0 amide bonds. The van der Waals surface area contributed by atoms with Gasteiger partial charge in [0.2, 0.25) is 0 Å². The van der Waals surface area contributed by atoms with Gasteiger partial charge in [0.25, 0.3) is 0 Å². The maximum atomic E-state index is 11.8. The summed E-state index contributed by atoms with van der Waals surface area (Å²) in [7, 11) is 0. The van der Waals surface area contributed by atoms with Crippen molar-refractivity contribution >= 4 is 18.4 Å². The molecule has 23 heavy (non-hydrogen) atoms. The Morgan fingerprint density at radius 3 is 2.17 bits per heavy atom. The lowest BCUT2D eigenvalue weighted by molar-refractivity contribution is -0.145. The minimum Gasteiger partial charge on any atom is -0.465 e. The van der Waals surface area contributed by atoms with Gasteiger partial charge in [-0.2, -0.15) is 0 Å². The molecule has 0 bridgehead atoms. The van der Waals surface area contributed by atoms with Gasteiger partial charge >= 0.3 is 5.97 Å². The second-order valence-corrected chi connectivity index (χ2v) is 5.94. The van der Waals surface area contributed by atoms with Gasteiger partial charge < -0.3 is 10.5 Å². The highest BCUT2D eigenvalue weighted by Crippen LogP contribution is 2.09. The third-order valence-electron chi connectivity index (χ3n) is 3.84. The lowest BCUT2D eigenvalue weighted by Crippen LogP contribution is -2.34. The van der Waals surface area contributed by atoms with Crippen LogP contribution in [0.15, 0.2) is 30.3 Å². The smallest absolute Gasteiger partial charge is 0.323 e. The molecule has 0 aliphatic carbocycles. The number of ether oxygens (including phenoxy) is 1. The van der Waals surface area contributed by atoms with Crippen molar-refractivity contribution < 1.29 is 9.53 Å². The van der Waals surface area contributed by atoms with Gasteiger partial charge in [-0.3, -0.25) is 4.79 Å². The van der Waals surface area contributed by atoms with Crippen LogP contribution in [0.25, 0.3) is 0 Å². The first-order valence-corrected chi connectivity index (χ1v) is 8.70. The Balaban J connectivity index is 0.00000484. The molecule has 0 aromatic heterocycles. The van der Waals surface area contributed by atoms with Gasteiger partial charge in [-0.1, -0.05) is 82.2 Å². The van der Waals surface area contributed by atoms with Crippen LogP contribution in [-0.2, 0) is 16.0 Å². The second-order valence-electron chi connectivity index (χ2n) is 5.94. The zero-order chi connectivity index (χ0) is 16.0. The topological polar surface area (TPSA) is 52.3 Å². The van der Waals surface area contributed by atoms with E-state index < -0.39 is 6.04 Å². The molecule has 0 unspecified atom stereocenters. The Morgan fingerprint density at radius 1 is 1.00 bits per heavy atom. The van der Waals surface area contributed by atoms with Crippen LogP contribution in [0.2, 0.25) is 0 Å². The number of carbonyl (C=O) groups excluding carboxylic acids is 1. The number of hydrogen-bond donors (Lipinski definition) is 1. The first-order valence-electron chi connectivity index (χ1n) is 8.70. The maximum Gasteiger partial charge on any atom is 0.323 e.